The molecule has 5 rings (SSSR count). The molecule has 0 saturated carbocycles. The highest BCUT2D eigenvalue weighted by atomic mass is 16.5. The number of hydrogen-bond acceptors (Lipinski definition) is 6. The van der Waals surface area contributed by atoms with Gasteiger partial charge >= 0.3 is 0 Å². The topological polar surface area (TPSA) is 79.3 Å². The van der Waals surface area contributed by atoms with E-state index in [4.69, 9.17) is 20.9 Å². The molecule has 0 amide bonds. The van der Waals surface area contributed by atoms with Crippen molar-refractivity contribution in [3.63, 3.8) is 0 Å². The second-order valence-corrected chi connectivity index (χ2v) is 7.80. The molecule has 2 aromatic heterocycles. The van der Waals surface area contributed by atoms with Gasteiger partial charge in [-0.25, -0.2) is 9.98 Å². The molecule has 0 spiro atoms. The van der Waals surface area contributed by atoms with Crippen molar-refractivity contribution in [2.75, 3.05) is 13.7 Å². The third kappa shape index (κ3) is 2.82. The lowest BCUT2D eigenvalue weighted by molar-refractivity contribution is 0.174. The van der Waals surface area contributed by atoms with Crippen LogP contribution in [0.25, 0.3) is 17.1 Å². The number of nitrogens with zero attached hydrogens (tertiary/aromatic N) is 6. The van der Waals surface area contributed by atoms with Gasteiger partial charge in [0.2, 0.25) is 5.90 Å². The van der Waals surface area contributed by atoms with Crippen molar-refractivity contribution in [2.45, 2.75) is 33.0 Å². The van der Waals surface area contributed by atoms with E-state index < -0.39 is 0 Å². The first-order valence-corrected chi connectivity index (χ1v) is 9.90. The molecule has 2 aliphatic rings. The first-order valence-electron chi connectivity index (χ1n) is 9.90. The second-order valence-electron chi connectivity index (χ2n) is 7.80. The van der Waals surface area contributed by atoms with Crippen LogP contribution in [-0.2, 0) is 22.6 Å². The second kappa shape index (κ2) is 7.11. The summed E-state index contributed by atoms with van der Waals surface area (Å²) in [5, 5.41) is 8.79. The van der Waals surface area contributed by atoms with E-state index in [2.05, 4.69) is 39.5 Å². The molecular weight excluding hydrogens is 380 g/mol. The maximum Gasteiger partial charge on any atom is 0.237 e. The molecule has 3 aromatic rings. The minimum atomic E-state index is 0.142. The highest BCUT2D eigenvalue weighted by Gasteiger charge is 2.31. The zero-order valence-electron chi connectivity index (χ0n) is 17.2. The Morgan fingerprint density at radius 1 is 1.33 bits per heavy atom. The highest BCUT2D eigenvalue weighted by molar-refractivity contribution is 5.95. The van der Waals surface area contributed by atoms with Gasteiger partial charge in [0, 0.05) is 18.2 Å². The van der Waals surface area contributed by atoms with Crippen LogP contribution in [0.5, 0.6) is 0 Å². The van der Waals surface area contributed by atoms with Crippen molar-refractivity contribution in [1.29, 1.82) is 0 Å². The summed E-state index contributed by atoms with van der Waals surface area (Å²) in [4.78, 5) is 9.45. The lowest BCUT2D eigenvalue weighted by Gasteiger charge is -2.09. The Labute approximate surface area is 174 Å². The Balaban J connectivity index is 1.71. The summed E-state index contributed by atoms with van der Waals surface area (Å²) in [6, 6.07) is 6.01. The number of benzene rings is 1. The van der Waals surface area contributed by atoms with E-state index in [1.54, 1.807) is 7.11 Å². The van der Waals surface area contributed by atoms with Crippen molar-refractivity contribution in [3.05, 3.63) is 47.3 Å². The van der Waals surface area contributed by atoms with Crippen LogP contribution >= 0.6 is 0 Å². The van der Waals surface area contributed by atoms with Crippen LogP contribution < -0.4 is 0 Å². The zero-order valence-corrected chi connectivity index (χ0v) is 17.2. The van der Waals surface area contributed by atoms with Gasteiger partial charge in [0.25, 0.3) is 0 Å². The third-order valence-corrected chi connectivity index (χ3v) is 5.58. The fraction of sp³-hybridized carbons (Fsp3) is 0.364. The number of hydrogen-bond donors (Lipinski definition) is 0. The number of aromatic nitrogens is 5. The Kier molecular flexibility index (Phi) is 4.40. The number of imidazole rings is 1. The predicted molar refractivity (Wildman–Crippen MR) is 111 cm³/mol. The van der Waals surface area contributed by atoms with Crippen molar-refractivity contribution in [2.24, 2.45) is 10.9 Å². The smallest absolute Gasteiger partial charge is 0.237 e. The molecule has 1 atom stereocenters. The molecule has 0 bridgehead atoms. The van der Waals surface area contributed by atoms with E-state index in [1.165, 1.54) is 0 Å². The molecule has 1 aromatic carbocycles. The lowest BCUT2D eigenvalue weighted by atomic mass is 10.1. The molecule has 0 unspecified atom stereocenters. The van der Waals surface area contributed by atoms with Crippen LogP contribution in [-0.4, -0.2) is 50.0 Å². The van der Waals surface area contributed by atoms with Crippen molar-refractivity contribution >= 4 is 5.90 Å². The molecule has 0 fully saturated rings. The Bertz CT molecular complexity index is 1200. The van der Waals surface area contributed by atoms with Crippen LogP contribution in [0.15, 0.2) is 29.5 Å². The van der Waals surface area contributed by atoms with Gasteiger partial charge in [-0.1, -0.05) is 19.8 Å². The highest BCUT2D eigenvalue weighted by Crippen LogP contribution is 2.34. The SMILES string of the molecule is C#Cc1ccc2c(c1)-c1nnc(COC)n1Cc1c(C3=N[C@@H](C(C)C)CO3)ncn1-2. The van der Waals surface area contributed by atoms with Crippen molar-refractivity contribution in [3.8, 4) is 29.4 Å². The van der Waals surface area contributed by atoms with Crippen LogP contribution in [0.1, 0.15) is 36.6 Å². The van der Waals surface area contributed by atoms with E-state index >= 15 is 0 Å². The van der Waals surface area contributed by atoms with Gasteiger partial charge in [-0.2, -0.15) is 0 Å². The number of terminal acetylenes is 1. The summed E-state index contributed by atoms with van der Waals surface area (Å²) in [7, 11) is 1.64. The number of methoxy groups -OCH3 is 1. The molecule has 152 valence electrons. The van der Waals surface area contributed by atoms with Crippen LogP contribution in [0.3, 0.4) is 0 Å². The molecule has 4 heterocycles. The molecule has 0 N–H and O–H groups in total. The first-order chi connectivity index (χ1) is 14.6. The van der Waals surface area contributed by atoms with Crippen molar-refractivity contribution in [1.82, 2.24) is 24.3 Å². The quantitative estimate of drug-likeness (QED) is 0.490. The molecule has 30 heavy (non-hydrogen) atoms. The van der Waals surface area contributed by atoms with Gasteiger partial charge in [0.15, 0.2) is 11.6 Å². The van der Waals surface area contributed by atoms with Crippen LogP contribution in [0.4, 0.5) is 0 Å². The van der Waals surface area contributed by atoms with Crippen LogP contribution in [0.2, 0.25) is 0 Å². The first kappa shape index (κ1) is 18.6. The van der Waals surface area contributed by atoms with E-state index in [-0.39, 0.29) is 6.04 Å². The Morgan fingerprint density at radius 2 is 2.20 bits per heavy atom. The molecule has 0 radical (unpaired) electrons. The Hall–Kier alpha value is -3.44. The molecule has 0 saturated heterocycles. The molecule has 0 aliphatic carbocycles. The summed E-state index contributed by atoms with van der Waals surface area (Å²) < 4.78 is 15.4. The number of fused-ring (bicyclic) bond motifs is 5. The minimum Gasteiger partial charge on any atom is -0.474 e. The predicted octanol–water partition coefficient (Wildman–Crippen LogP) is 2.42. The van der Waals surface area contributed by atoms with Crippen molar-refractivity contribution < 1.29 is 9.47 Å². The summed E-state index contributed by atoms with van der Waals surface area (Å²) in [6.07, 6.45) is 7.46. The standard InChI is InChI=1S/C22H22N6O2/c1-5-14-6-7-17-15(8-14)21-26-25-19(11-29-4)27(21)9-18-20(23-12-28(17)18)22-24-16(10-30-22)13(2)3/h1,6-8,12-13,16H,9-11H2,2-4H3/t16-/m1/s1. The minimum absolute atomic E-state index is 0.142. The van der Waals surface area contributed by atoms with Gasteiger partial charge < -0.3 is 14.0 Å². The summed E-state index contributed by atoms with van der Waals surface area (Å²) >= 11 is 0. The van der Waals surface area contributed by atoms with Crippen LogP contribution in [0, 0.1) is 18.3 Å². The summed E-state index contributed by atoms with van der Waals surface area (Å²) in [6.45, 7) is 5.74. The van der Waals surface area contributed by atoms with E-state index in [0.29, 0.717) is 31.6 Å². The third-order valence-electron chi connectivity index (χ3n) is 5.58. The monoisotopic (exact) mass is 402 g/mol. The lowest BCUT2D eigenvalue weighted by Crippen LogP contribution is -2.13. The van der Waals surface area contributed by atoms with Gasteiger partial charge in [-0.05, 0) is 24.1 Å². The average molecular weight is 402 g/mol. The maximum atomic E-state index is 5.93. The van der Waals surface area contributed by atoms with Gasteiger partial charge in [0.1, 0.15) is 25.2 Å². The largest absolute Gasteiger partial charge is 0.474 e. The summed E-state index contributed by atoms with van der Waals surface area (Å²) in [5.41, 5.74) is 4.33. The normalized spacial score (nSPS) is 16.9. The van der Waals surface area contributed by atoms with E-state index in [0.717, 1.165) is 39.9 Å². The van der Waals surface area contributed by atoms with E-state index in [1.807, 2.05) is 29.1 Å². The zero-order chi connectivity index (χ0) is 20.8. The molecule has 8 nitrogen and oxygen atoms in total. The summed E-state index contributed by atoms with van der Waals surface area (Å²) in [5.74, 6) is 5.19. The number of ether oxygens (including phenoxy) is 2. The Morgan fingerprint density at radius 3 is 2.93 bits per heavy atom. The molecule has 8 heteroatoms. The van der Waals surface area contributed by atoms with Gasteiger partial charge in [-0.3, -0.25) is 4.57 Å². The van der Waals surface area contributed by atoms with E-state index in [9.17, 15) is 0 Å². The van der Waals surface area contributed by atoms with Gasteiger partial charge in [0.05, 0.1) is 24.0 Å². The number of aliphatic imine (C=N–C) groups is 1. The fourth-order valence-corrected chi connectivity index (χ4v) is 3.87. The molecule has 2 aliphatic heterocycles. The number of rotatable bonds is 4. The average Bonchev–Trinajstić information content (AvgIpc) is 3.46. The maximum absolute atomic E-state index is 5.93. The fourth-order valence-electron chi connectivity index (χ4n) is 3.87. The molecular formula is C22H22N6O2. The van der Waals surface area contributed by atoms with Gasteiger partial charge in [-0.15, -0.1) is 16.6 Å².